The molecule has 10 nitrogen and oxygen atoms in total. The van der Waals surface area contributed by atoms with Gasteiger partial charge >= 0.3 is 0 Å². The van der Waals surface area contributed by atoms with Gasteiger partial charge in [0.2, 0.25) is 10.0 Å². The van der Waals surface area contributed by atoms with Crippen molar-refractivity contribution in [2.45, 2.75) is 11.4 Å². The van der Waals surface area contributed by atoms with Gasteiger partial charge in [-0.2, -0.15) is 0 Å². The zero-order chi connectivity index (χ0) is 24.0. The van der Waals surface area contributed by atoms with Crippen LogP contribution in [0.5, 0.6) is 17.2 Å². The molecule has 0 aliphatic heterocycles. The molecule has 3 rings (SSSR count). The van der Waals surface area contributed by atoms with E-state index in [4.69, 9.17) is 9.47 Å². The van der Waals surface area contributed by atoms with Crippen LogP contribution in [0.15, 0.2) is 71.6 Å². The van der Waals surface area contributed by atoms with Crippen molar-refractivity contribution < 1.29 is 27.6 Å². The summed E-state index contributed by atoms with van der Waals surface area (Å²) in [7, 11) is -0.811. The highest BCUT2D eigenvalue weighted by molar-refractivity contribution is 7.89. The molecule has 2 N–H and O–H groups in total. The van der Waals surface area contributed by atoms with Gasteiger partial charge in [-0.05, 0) is 55.1 Å². The Kier molecular flexibility index (Phi) is 7.26. The minimum Gasteiger partial charge on any atom is -0.497 e. The Bertz CT molecular complexity index is 1280. The smallest absolute Gasteiger partial charge is 0.270 e. The van der Waals surface area contributed by atoms with Crippen molar-refractivity contribution in [2.24, 2.45) is 0 Å². The van der Waals surface area contributed by atoms with Gasteiger partial charge in [0, 0.05) is 18.7 Å². The van der Waals surface area contributed by atoms with Gasteiger partial charge < -0.3 is 14.8 Å². The molecule has 0 aromatic heterocycles. The van der Waals surface area contributed by atoms with E-state index in [-0.39, 0.29) is 28.4 Å². The fourth-order valence-electron chi connectivity index (χ4n) is 2.89. The maximum absolute atomic E-state index is 12.9. The molecular weight excluding hydrogens is 450 g/mol. The molecule has 33 heavy (non-hydrogen) atoms. The number of sulfonamides is 1. The molecule has 0 atom stereocenters. The van der Waals surface area contributed by atoms with E-state index in [1.54, 1.807) is 36.4 Å². The number of ether oxygens (including phenoxy) is 2. The average Bonchev–Trinajstić information content (AvgIpc) is 2.83. The Labute approximate surface area is 190 Å². The lowest BCUT2D eigenvalue weighted by Crippen LogP contribution is -2.24. The molecule has 0 spiro atoms. The first-order valence-electron chi connectivity index (χ1n) is 9.64. The van der Waals surface area contributed by atoms with Crippen molar-refractivity contribution in [3.05, 3.63) is 88.0 Å². The highest BCUT2D eigenvalue weighted by Gasteiger charge is 2.19. The van der Waals surface area contributed by atoms with E-state index in [0.29, 0.717) is 17.1 Å². The van der Waals surface area contributed by atoms with Crippen molar-refractivity contribution in [1.82, 2.24) is 10.0 Å². The lowest BCUT2D eigenvalue weighted by molar-refractivity contribution is -0.384. The molecule has 0 saturated heterocycles. The van der Waals surface area contributed by atoms with Crippen molar-refractivity contribution in [3.63, 3.8) is 0 Å². The number of nitrogens with one attached hydrogen (secondary N) is 2. The highest BCUT2D eigenvalue weighted by atomic mass is 32.2. The van der Waals surface area contributed by atoms with Gasteiger partial charge in [0.15, 0.2) is 0 Å². The number of carbonyl (C=O) groups excluding carboxylic acids is 1. The Morgan fingerprint density at radius 1 is 1.03 bits per heavy atom. The number of nitro benzene ring substituents is 1. The Hall–Kier alpha value is -3.96. The topological polar surface area (TPSA) is 137 Å². The summed E-state index contributed by atoms with van der Waals surface area (Å²) in [4.78, 5) is 23.5. The normalized spacial score (nSPS) is 11.0. The van der Waals surface area contributed by atoms with Gasteiger partial charge in [-0.25, -0.2) is 13.1 Å². The first-order chi connectivity index (χ1) is 15.7. The number of benzene rings is 3. The molecule has 0 heterocycles. The maximum atomic E-state index is 12.9. The molecule has 0 unspecified atom stereocenters. The Morgan fingerprint density at radius 3 is 2.36 bits per heavy atom. The SMILES string of the molecule is CNS(=O)(=O)c1cccc(CNC(=O)c2cc([N+](=O)[O-])ccc2Oc2ccc(OC)cc2)c1. The molecule has 3 aromatic carbocycles. The molecule has 0 bridgehead atoms. The van der Waals surface area contributed by atoms with E-state index in [2.05, 4.69) is 10.0 Å². The van der Waals surface area contributed by atoms with Crippen molar-refractivity contribution in [2.75, 3.05) is 14.2 Å². The van der Waals surface area contributed by atoms with Gasteiger partial charge in [-0.3, -0.25) is 14.9 Å². The van der Waals surface area contributed by atoms with Gasteiger partial charge in [-0.15, -0.1) is 0 Å². The number of methoxy groups -OCH3 is 1. The average molecular weight is 471 g/mol. The van der Waals surface area contributed by atoms with Crippen LogP contribution < -0.4 is 19.5 Å². The molecule has 0 radical (unpaired) electrons. The van der Waals surface area contributed by atoms with E-state index >= 15 is 0 Å². The Morgan fingerprint density at radius 2 is 1.73 bits per heavy atom. The minimum atomic E-state index is -3.64. The van der Waals surface area contributed by atoms with Crippen LogP contribution in [0.2, 0.25) is 0 Å². The Balaban J connectivity index is 1.84. The number of hydrogen-bond acceptors (Lipinski definition) is 7. The second kappa shape index (κ2) is 10.1. The first kappa shape index (κ1) is 23.7. The predicted octanol–water partition coefficient (Wildman–Crippen LogP) is 3.23. The number of hydrogen-bond donors (Lipinski definition) is 2. The first-order valence-corrected chi connectivity index (χ1v) is 11.1. The van der Waals surface area contributed by atoms with E-state index in [1.807, 2.05) is 0 Å². The standard InChI is InChI=1S/C22H21N3O7S/c1-23-33(29,30)19-5-3-4-15(12-19)14-24-22(26)20-13-16(25(27)28)6-11-21(20)32-18-9-7-17(31-2)8-10-18/h3-13,23H,14H2,1-2H3,(H,24,26). The van der Waals surface area contributed by atoms with Crippen molar-refractivity contribution >= 4 is 21.6 Å². The largest absolute Gasteiger partial charge is 0.497 e. The van der Waals surface area contributed by atoms with Crippen LogP contribution in [0.4, 0.5) is 5.69 Å². The van der Waals surface area contributed by atoms with E-state index in [9.17, 15) is 23.3 Å². The van der Waals surface area contributed by atoms with Crippen LogP contribution in [0.3, 0.4) is 0 Å². The van der Waals surface area contributed by atoms with Crippen LogP contribution in [0.25, 0.3) is 0 Å². The van der Waals surface area contributed by atoms with Crippen LogP contribution in [0.1, 0.15) is 15.9 Å². The second-order valence-electron chi connectivity index (χ2n) is 6.75. The molecule has 0 aliphatic rings. The van der Waals surface area contributed by atoms with Crippen molar-refractivity contribution in [3.8, 4) is 17.2 Å². The van der Waals surface area contributed by atoms with Crippen LogP contribution in [0, 0.1) is 10.1 Å². The summed E-state index contributed by atoms with van der Waals surface area (Å²) in [5, 5.41) is 13.9. The molecular formula is C22H21N3O7S. The summed E-state index contributed by atoms with van der Waals surface area (Å²) in [6.07, 6.45) is 0. The van der Waals surface area contributed by atoms with Crippen molar-refractivity contribution in [1.29, 1.82) is 0 Å². The molecule has 0 saturated carbocycles. The van der Waals surface area contributed by atoms with Crippen LogP contribution >= 0.6 is 0 Å². The predicted molar refractivity (Wildman–Crippen MR) is 120 cm³/mol. The van der Waals surface area contributed by atoms with Crippen LogP contribution in [-0.2, 0) is 16.6 Å². The third kappa shape index (κ3) is 5.84. The fraction of sp³-hybridized carbons (Fsp3) is 0.136. The summed E-state index contributed by atoms with van der Waals surface area (Å²) in [5.74, 6) is 0.522. The lowest BCUT2D eigenvalue weighted by atomic mass is 10.1. The number of nitrogens with zero attached hydrogens (tertiary/aromatic N) is 1. The number of non-ortho nitro benzene ring substituents is 1. The molecule has 11 heteroatoms. The zero-order valence-corrected chi connectivity index (χ0v) is 18.6. The maximum Gasteiger partial charge on any atom is 0.270 e. The second-order valence-corrected chi connectivity index (χ2v) is 8.64. The van der Waals surface area contributed by atoms with Crippen LogP contribution in [-0.4, -0.2) is 33.4 Å². The van der Waals surface area contributed by atoms with Gasteiger partial charge in [0.05, 0.1) is 22.5 Å². The molecule has 172 valence electrons. The fourth-order valence-corrected chi connectivity index (χ4v) is 3.69. The van der Waals surface area contributed by atoms with E-state index in [1.165, 1.54) is 38.4 Å². The summed E-state index contributed by atoms with van der Waals surface area (Å²) in [6, 6.07) is 16.4. The highest BCUT2D eigenvalue weighted by Crippen LogP contribution is 2.30. The quantitative estimate of drug-likeness (QED) is 0.361. The van der Waals surface area contributed by atoms with Gasteiger partial charge in [-0.1, -0.05) is 12.1 Å². The number of amides is 1. The molecule has 0 aliphatic carbocycles. The molecule has 3 aromatic rings. The summed E-state index contributed by atoms with van der Waals surface area (Å²) in [5.41, 5.74) is 0.214. The number of nitro groups is 1. The van der Waals surface area contributed by atoms with E-state index in [0.717, 1.165) is 6.07 Å². The summed E-state index contributed by atoms with van der Waals surface area (Å²) < 4.78 is 37.1. The third-order valence-electron chi connectivity index (χ3n) is 4.64. The lowest BCUT2D eigenvalue weighted by Gasteiger charge is -2.12. The van der Waals surface area contributed by atoms with Gasteiger partial charge in [0.1, 0.15) is 17.2 Å². The number of rotatable bonds is 9. The van der Waals surface area contributed by atoms with E-state index < -0.39 is 20.9 Å². The van der Waals surface area contributed by atoms with Gasteiger partial charge in [0.25, 0.3) is 11.6 Å². The zero-order valence-electron chi connectivity index (χ0n) is 17.8. The molecule has 1 amide bonds. The summed E-state index contributed by atoms with van der Waals surface area (Å²) in [6.45, 7) is -0.00340. The summed E-state index contributed by atoms with van der Waals surface area (Å²) >= 11 is 0. The monoisotopic (exact) mass is 471 g/mol. The molecule has 0 fully saturated rings. The minimum absolute atomic E-state index is 0.00340. The third-order valence-corrected chi connectivity index (χ3v) is 6.05. The number of carbonyl (C=O) groups is 1.